The minimum Gasteiger partial charge on any atom is -0.343 e. The topological polar surface area (TPSA) is 54.2 Å². The predicted molar refractivity (Wildman–Crippen MR) is 63.6 cm³/mol. The van der Waals surface area contributed by atoms with E-state index in [1.807, 2.05) is 0 Å². The summed E-state index contributed by atoms with van der Waals surface area (Å²) in [4.78, 5) is 6.58. The molecule has 17 heavy (non-hydrogen) atoms. The summed E-state index contributed by atoms with van der Waals surface area (Å²) in [5.74, 6) is 1.70. The van der Waals surface area contributed by atoms with Crippen LogP contribution in [0.15, 0.2) is 10.9 Å². The van der Waals surface area contributed by atoms with Crippen LogP contribution in [0.3, 0.4) is 0 Å². The van der Waals surface area contributed by atoms with Crippen molar-refractivity contribution in [3.8, 4) is 0 Å². The number of hydrogen-bond donors (Lipinski definition) is 1. The van der Waals surface area contributed by atoms with Gasteiger partial charge < -0.3 is 9.84 Å². The minimum absolute atomic E-state index is 0.329. The van der Waals surface area contributed by atoms with Crippen molar-refractivity contribution in [3.63, 3.8) is 0 Å². The molecule has 1 aliphatic carbocycles. The Labute approximate surface area is 102 Å². The zero-order valence-corrected chi connectivity index (χ0v) is 10.4. The summed E-state index contributed by atoms with van der Waals surface area (Å²) >= 11 is 0. The van der Waals surface area contributed by atoms with E-state index in [1.54, 1.807) is 0 Å². The third kappa shape index (κ3) is 2.50. The van der Waals surface area contributed by atoms with Gasteiger partial charge in [0.2, 0.25) is 6.39 Å². The van der Waals surface area contributed by atoms with Crippen LogP contribution in [-0.4, -0.2) is 46.8 Å². The fourth-order valence-electron chi connectivity index (χ4n) is 2.84. The van der Waals surface area contributed by atoms with Gasteiger partial charge in [-0.15, -0.1) is 0 Å². The molecule has 2 aliphatic rings. The minimum atomic E-state index is 0.329. The van der Waals surface area contributed by atoms with Gasteiger partial charge in [-0.2, -0.15) is 4.98 Å². The van der Waals surface area contributed by atoms with Crippen molar-refractivity contribution < 1.29 is 4.52 Å². The molecule has 94 valence electrons. The molecule has 5 heteroatoms. The van der Waals surface area contributed by atoms with Gasteiger partial charge in [-0.05, 0) is 25.7 Å². The van der Waals surface area contributed by atoms with Gasteiger partial charge in [0.05, 0.1) is 0 Å². The maximum Gasteiger partial charge on any atom is 0.213 e. The second-order valence-electron chi connectivity index (χ2n) is 5.49. The average Bonchev–Trinajstić information content (AvgIpc) is 3.06. The van der Waals surface area contributed by atoms with E-state index in [-0.39, 0.29) is 0 Å². The Morgan fingerprint density at radius 3 is 3.18 bits per heavy atom. The second kappa shape index (κ2) is 4.38. The first-order chi connectivity index (χ1) is 8.26. The number of piperazine rings is 1. The van der Waals surface area contributed by atoms with Gasteiger partial charge in [0, 0.05) is 38.1 Å². The Balaban J connectivity index is 1.53. The standard InChI is InChI=1S/C12H20N4O/c1-12(10-2-3-10)8-16(7-5-14-12)6-4-11-13-9-17-15-11/h9-10,14H,2-8H2,1H3. The van der Waals surface area contributed by atoms with Gasteiger partial charge in [0.1, 0.15) is 0 Å². The molecule has 1 aliphatic heterocycles. The first-order valence-corrected chi connectivity index (χ1v) is 6.49. The molecule has 0 bridgehead atoms. The van der Waals surface area contributed by atoms with Crippen LogP contribution < -0.4 is 5.32 Å². The second-order valence-corrected chi connectivity index (χ2v) is 5.49. The third-order valence-corrected chi connectivity index (χ3v) is 4.05. The third-order valence-electron chi connectivity index (χ3n) is 4.05. The predicted octanol–water partition coefficient (Wildman–Crippen LogP) is 0.686. The van der Waals surface area contributed by atoms with Gasteiger partial charge in [-0.1, -0.05) is 5.16 Å². The average molecular weight is 236 g/mol. The smallest absolute Gasteiger partial charge is 0.213 e. The molecule has 1 aromatic heterocycles. The fraction of sp³-hybridized carbons (Fsp3) is 0.833. The van der Waals surface area contributed by atoms with Crippen molar-refractivity contribution in [2.45, 2.75) is 31.7 Å². The molecule has 0 spiro atoms. The Morgan fingerprint density at radius 2 is 2.47 bits per heavy atom. The highest BCUT2D eigenvalue weighted by molar-refractivity contribution is 5.02. The maximum atomic E-state index is 4.75. The maximum absolute atomic E-state index is 4.75. The molecule has 1 unspecified atom stereocenters. The fourth-order valence-corrected chi connectivity index (χ4v) is 2.84. The zero-order valence-electron chi connectivity index (χ0n) is 10.4. The molecular formula is C12H20N4O. The monoisotopic (exact) mass is 236 g/mol. The van der Waals surface area contributed by atoms with Gasteiger partial charge in [-0.3, -0.25) is 4.90 Å². The number of nitrogens with one attached hydrogen (secondary N) is 1. The molecule has 1 saturated carbocycles. The quantitative estimate of drug-likeness (QED) is 0.833. The molecular weight excluding hydrogens is 216 g/mol. The highest BCUT2D eigenvalue weighted by Crippen LogP contribution is 2.40. The molecule has 5 nitrogen and oxygen atoms in total. The van der Waals surface area contributed by atoms with Crippen LogP contribution in [0, 0.1) is 5.92 Å². The van der Waals surface area contributed by atoms with Crippen LogP contribution in [0.5, 0.6) is 0 Å². The first kappa shape index (κ1) is 11.2. The molecule has 1 N–H and O–H groups in total. The molecule has 3 rings (SSSR count). The highest BCUT2D eigenvalue weighted by atomic mass is 16.5. The van der Waals surface area contributed by atoms with E-state index in [0.717, 1.165) is 44.3 Å². The van der Waals surface area contributed by atoms with E-state index in [4.69, 9.17) is 4.52 Å². The summed E-state index contributed by atoms with van der Waals surface area (Å²) in [6.07, 6.45) is 5.07. The highest BCUT2D eigenvalue weighted by Gasteiger charge is 2.43. The van der Waals surface area contributed by atoms with Gasteiger partial charge in [0.15, 0.2) is 5.82 Å². The molecule has 0 radical (unpaired) electrons. The van der Waals surface area contributed by atoms with E-state index in [2.05, 4.69) is 27.3 Å². The summed E-state index contributed by atoms with van der Waals surface area (Å²) in [5, 5.41) is 7.55. The Hall–Kier alpha value is -0.940. The Kier molecular flexibility index (Phi) is 2.88. The van der Waals surface area contributed by atoms with Crippen molar-refractivity contribution in [2.75, 3.05) is 26.2 Å². The van der Waals surface area contributed by atoms with Crippen LogP contribution in [0.1, 0.15) is 25.6 Å². The number of aromatic nitrogens is 2. The number of hydrogen-bond acceptors (Lipinski definition) is 5. The van der Waals surface area contributed by atoms with E-state index in [1.165, 1.54) is 19.2 Å². The normalized spacial score (nSPS) is 30.6. The van der Waals surface area contributed by atoms with E-state index in [9.17, 15) is 0 Å². The van der Waals surface area contributed by atoms with Crippen molar-refractivity contribution in [2.24, 2.45) is 5.92 Å². The van der Waals surface area contributed by atoms with Crippen LogP contribution in [0.4, 0.5) is 0 Å². The van der Waals surface area contributed by atoms with Gasteiger partial charge >= 0.3 is 0 Å². The van der Waals surface area contributed by atoms with Crippen LogP contribution in [0.2, 0.25) is 0 Å². The first-order valence-electron chi connectivity index (χ1n) is 6.49. The lowest BCUT2D eigenvalue weighted by atomic mass is 9.93. The van der Waals surface area contributed by atoms with Gasteiger partial charge in [-0.25, -0.2) is 0 Å². The van der Waals surface area contributed by atoms with Crippen LogP contribution >= 0.6 is 0 Å². The van der Waals surface area contributed by atoms with Crippen molar-refractivity contribution in [1.82, 2.24) is 20.4 Å². The Morgan fingerprint density at radius 1 is 1.59 bits per heavy atom. The van der Waals surface area contributed by atoms with Crippen molar-refractivity contribution in [1.29, 1.82) is 0 Å². The summed E-state index contributed by atoms with van der Waals surface area (Å²) < 4.78 is 4.75. The lowest BCUT2D eigenvalue weighted by Crippen LogP contribution is -2.60. The van der Waals surface area contributed by atoms with Crippen LogP contribution in [0.25, 0.3) is 0 Å². The van der Waals surface area contributed by atoms with Crippen molar-refractivity contribution in [3.05, 3.63) is 12.2 Å². The van der Waals surface area contributed by atoms with Crippen molar-refractivity contribution >= 4 is 0 Å². The van der Waals surface area contributed by atoms with Gasteiger partial charge in [0.25, 0.3) is 0 Å². The number of nitrogens with zero attached hydrogens (tertiary/aromatic N) is 3. The molecule has 1 saturated heterocycles. The van der Waals surface area contributed by atoms with Crippen LogP contribution in [-0.2, 0) is 6.42 Å². The number of rotatable bonds is 4. The molecule has 2 heterocycles. The van der Waals surface area contributed by atoms with E-state index < -0.39 is 0 Å². The van der Waals surface area contributed by atoms with E-state index in [0.29, 0.717) is 5.54 Å². The van der Waals surface area contributed by atoms with E-state index >= 15 is 0 Å². The lowest BCUT2D eigenvalue weighted by Gasteiger charge is -2.42. The Bertz CT molecular complexity index is 363. The zero-order chi connectivity index (χ0) is 11.7. The largest absolute Gasteiger partial charge is 0.343 e. The SMILES string of the molecule is CC1(C2CC2)CN(CCc2ncon2)CCN1. The lowest BCUT2D eigenvalue weighted by molar-refractivity contribution is 0.128. The molecule has 0 amide bonds. The summed E-state index contributed by atoms with van der Waals surface area (Å²) in [5.41, 5.74) is 0.329. The summed E-state index contributed by atoms with van der Waals surface area (Å²) in [7, 11) is 0. The molecule has 2 fully saturated rings. The molecule has 1 atom stereocenters. The summed E-state index contributed by atoms with van der Waals surface area (Å²) in [6.45, 7) is 6.77. The summed E-state index contributed by atoms with van der Waals surface area (Å²) in [6, 6.07) is 0. The molecule has 0 aromatic carbocycles. The molecule has 1 aromatic rings.